The van der Waals surface area contributed by atoms with Gasteiger partial charge in [-0.3, -0.25) is 9.59 Å². The molecule has 3 aromatic carbocycles. The van der Waals surface area contributed by atoms with Crippen molar-refractivity contribution in [2.45, 2.75) is 19.9 Å². The van der Waals surface area contributed by atoms with Gasteiger partial charge in [-0.2, -0.15) is 0 Å². The largest absolute Gasteiger partial charge is 0.496 e. The van der Waals surface area contributed by atoms with Crippen LogP contribution in [-0.4, -0.2) is 32.0 Å². The van der Waals surface area contributed by atoms with E-state index in [1.165, 1.54) is 20.3 Å². The van der Waals surface area contributed by atoms with Gasteiger partial charge in [0.1, 0.15) is 5.75 Å². The highest BCUT2D eigenvalue weighted by molar-refractivity contribution is 6.06. The first-order valence-electron chi connectivity index (χ1n) is 10.4. The van der Waals surface area contributed by atoms with Crippen molar-refractivity contribution >= 4 is 23.5 Å². The fraction of sp³-hybridized carbons (Fsp3) is 0.192. The maximum Gasteiger partial charge on any atom is 0.337 e. The van der Waals surface area contributed by atoms with Crippen LogP contribution in [-0.2, 0) is 22.5 Å². The smallest absolute Gasteiger partial charge is 0.337 e. The maximum absolute atomic E-state index is 12.8. The molecule has 3 rings (SSSR count). The zero-order chi connectivity index (χ0) is 23.8. The van der Waals surface area contributed by atoms with Crippen molar-refractivity contribution in [2.24, 2.45) is 0 Å². The molecule has 0 unspecified atom stereocenters. The van der Waals surface area contributed by atoms with Crippen LogP contribution in [0.1, 0.15) is 37.4 Å². The zero-order valence-corrected chi connectivity index (χ0v) is 18.8. The number of anilines is 1. The molecule has 0 spiro atoms. The van der Waals surface area contributed by atoms with E-state index < -0.39 is 5.97 Å². The highest BCUT2D eigenvalue weighted by Gasteiger charge is 2.15. The number of amides is 2. The first-order chi connectivity index (χ1) is 15.9. The fourth-order valence-corrected chi connectivity index (χ4v) is 3.38. The van der Waals surface area contributed by atoms with E-state index in [9.17, 15) is 14.4 Å². The third kappa shape index (κ3) is 6.20. The van der Waals surface area contributed by atoms with Crippen LogP contribution in [0.2, 0.25) is 0 Å². The lowest BCUT2D eigenvalue weighted by atomic mass is 10.1. The van der Waals surface area contributed by atoms with E-state index >= 15 is 0 Å². The van der Waals surface area contributed by atoms with Crippen molar-refractivity contribution < 1.29 is 23.9 Å². The molecule has 0 aliphatic carbocycles. The van der Waals surface area contributed by atoms with E-state index in [0.717, 1.165) is 11.1 Å². The van der Waals surface area contributed by atoms with Crippen molar-refractivity contribution in [3.8, 4) is 5.75 Å². The molecule has 170 valence electrons. The predicted molar refractivity (Wildman–Crippen MR) is 125 cm³/mol. The van der Waals surface area contributed by atoms with Gasteiger partial charge in [-0.15, -0.1) is 0 Å². The second kappa shape index (κ2) is 10.9. The summed E-state index contributed by atoms with van der Waals surface area (Å²) in [5.74, 6) is -0.643. The summed E-state index contributed by atoms with van der Waals surface area (Å²) in [7, 11) is 2.77. The molecule has 7 heteroatoms. The molecule has 0 aliphatic rings. The van der Waals surface area contributed by atoms with Gasteiger partial charge in [-0.05, 0) is 53.9 Å². The van der Waals surface area contributed by atoms with Crippen LogP contribution in [0.25, 0.3) is 0 Å². The first-order valence-corrected chi connectivity index (χ1v) is 10.4. The quantitative estimate of drug-likeness (QED) is 0.512. The molecule has 0 aromatic heterocycles. The number of carbonyl (C=O) groups excluding carboxylic acids is 3. The maximum atomic E-state index is 12.8. The number of nitrogens with one attached hydrogen (secondary N) is 2. The second-order valence-electron chi connectivity index (χ2n) is 7.44. The van der Waals surface area contributed by atoms with Gasteiger partial charge < -0.3 is 20.1 Å². The Morgan fingerprint density at radius 2 is 1.64 bits per heavy atom. The van der Waals surface area contributed by atoms with Crippen LogP contribution < -0.4 is 15.4 Å². The predicted octanol–water partition coefficient (Wildman–Crippen LogP) is 3.90. The van der Waals surface area contributed by atoms with Gasteiger partial charge >= 0.3 is 5.97 Å². The molecule has 7 nitrogen and oxygen atoms in total. The van der Waals surface area contributed by atoms with Gasteiger partial charge in [0.25, 0.3) is 5.91 Å². The molecule has 0 fully saturated rings. The number of hydrogen-bond donors (Lipinski definition) is 2. The van der Waals surface area contributed by atoms with Gasteiger partial charge in [0, 0.05) is 12.2 Å². The van der Waals surface area contributed by atoms with Crippen molar-refractivity contribution in [2.75, 3.05) is 19.5 Å². The summed E-state index contributed by atoms with van der Waals surface area (Å²) in [6.07, 6.45) is 0.251. The molecule has 0 heterocycles. The Balaban J connectivity index is 1.77. The van der Waals surface area contributed by atoms with E-state index in [1.807, 2.05) is 31.2 Å². The number of esters is 1. The number of para-hydroxylation sites is 1. The molecule has 3 aromatic rings. The number of rotatable bonds is 8. The van der Waals surface area contributed by atoms with Crippen molar-refractivity contribution in [1.82, 2.24) is 5.32 Å². The first kappa shape index (κ1) is 23.5. The molecular formula is C26H26N2O5. The van der Waals surface area contributed by atoms with Gasteiger partial charge in [0.05, 0.1) is 31.8 Å². The van der Waals surface area contributed by atoms with Crippen molar-refractivity contribution in [3.05, 3.63) is 94.5 Å². The minimum Gasteiger partial charge on any atom is -0.496 e. The molecule has 2 amide bonds. The topological polar surface area (TPSA) is 93.7 Å². The summed E-state index contributed by atoms with van der Waals surface area (Å²) in [5, 5.41) is 5.65. The molecule has 0 aliphatic heterocycles. The summed E-state index contributed by atoms with van der Waals surface area (Å²) in [4.78, 5) is 37.4. The number of ether oxygens (including phenoxy) is 2. The Hall–Kier alpha value is -4.13. The number of hydrogen-bond acceptors (Lipinski definition) is 5. The molecule has 0 bridgehead atoms. The van der Waals surface area contributed by atoms with Crippen LogP contribution >= 0.6 is 0 Å². The Bertz CT molecular complexity index is 1170. The fourth-order valence-electron chi connectivity index (χ4n) is 3.38. The van der Waals surface area contributed by atoms with E-state index in [1.54, 1.807) is 36.4 Å². The molecule has 0 saturated heterocycles. The summed E-state index contributed by atoms with van der Waals surface area (Å²) in [6.45, 7) is 2.15. The minimum absolute atomic E-state index is 0.146. The Kier molecular flexibility index (Phi) is 7.81. The van der Waals surface area contributed by atoms with Crippen molar-refractivity contribution in [1.29, 1.82) is 0 Å². The second-order valence-corrected chi connectivity index (χ2v) is 7.44. The third-order valence-electron chi connectivity index (χ3n) is 5.13. The lowest BCUT2D eigenvalue weighted by molar-refractivity contribution is -0.120. The zero-order valence-electron chi connectivity index (χ0n) is 18.8. The van der Waals surface area contributed by atoms with Gasteiger partial charge in [-0.1, -0.05) is 36.4 Å². The van der Waals surface area contributed by atoms with Crippen LogP contribution in [0.4, 0.5) is 5.69 Å². The summed E-state index contributed by atoms with van der Waals surface area (Å²) >= 11 is 0. The normalized spacial score (nSPS) is 10.3. The number of benzene rings is 3. The van der Waals surface area contributed by atoms with Crippen LogP contribution in [0.3, 0.4) is 0 Å². The van der Waals surface area contributed by atoms with E-state index in [0.29, 0.717) is 22.6 Å². The monoisotopic (exact) mass is 446 g/mol. The van der Waals surface area contributed by atoms with E-state index in [4.69, 9.17) is 9.47 Å². The molecule has 33 heavy (non-hydrogen) atoms. The lowest BCUT2D eigenvalue weighted by Gasteiger charge is -2.13. The van der Waals surface area contributed by atoms with Gasteiger partial charge in [0.15, 0.2) is 0 Å². The molecule has 2 N–H and O–H groups in total. The Morgan fingerprint density at radius 3 is 2.36 bits per heavy atom. The minimum atomic E-state index is -0.545. The van der Waals surface area contributed by atoms with Gasteiger partial charge in [0.2, 0.25) is 5.91 Å². The standard InChI is InChI=1S/C26H26N2O5/c1-17-8-4-5-9-19(17)15-24(29)27-16-18-12-20(26(31)33-3)14-21(13-18)28-25(30)22-10-6-7-11-23(22)32-2/h4-14H,15-16H2,1-3H3,(H,27,29)(H,28,30). The van der Waals surface area contributed by atoms with Crippen LogP contribution in [0.5, 0.6) is 5.75 Å². The SMILES string of the molecule is COC(=O)c1cc(CNC(=O)Cc2ccccc2C)cc(NC(=O)c2ccccc2OC)c1. The Morgan fingerprint density at radius 1 is 0.909 bits per heavy atom. The lowest BCUT2D eigenvalue weighted by Crippen LogP contribution is -2.25. The van der Waals surface area contributed by atoms with Gasteiger partial charge in [-0.25, -0.2) is 4.79 Å². The van der Waals surface area contributed by atoms with E-state index in [2.05, 4.69) is 10.6 Å². The number of carbonyl (C=O) groups is 3. The summed E-state index contributed by atoms with van der Waals surface area (Å²) in [6, 6.07) is 19.4. The number of aryl methyl sites for hydroxylation is 1. The van der Waals surface area contributed by atoms with Crippen molar-refractivity contribution in [3.63, 3.8) is 0 Å². The van der Waals surface area contributed by atoms with Crippen LogP contribution in [0, 0.1) is 6.92 Å². The number of methoxy groups -OCH3 is 2. The summed E-state index contributed by atoms with van der Waals surface area (Å²) < 4.78 is 10.1. The average Bonchev–Trinajstić information content (AvgIpc) is 2.83. The highest BCUT2D eigenvalue weighted by atomic mass is 16.5. The Labute approximate surface area is 192 Å². The molecule has 0 radical (unpaired) electrons. The highest BCUT2D eigenvalue weighted by Crippen LogP contribution is 2.21. The molecular weight excluding hydrogens is 420 g/mol. The molecule has 0 saturated carbocycles. The van der Waals surface area contributed by atoms with Crippen LogP contribution in [0.15, 0.2) is 66.7 Å². The van der Waals surface area contributed by atoms with E-state index in [-0.39, 0.29) is 30.3 Å². The molecule has 0 atom stereocenters. The summed E-state index contributed by atoms with van der Waals surface area (Å²) in [5.41, 5.74) is 3.66. The average molecular weight is 447 g/mol. The third-order valence-corrected chi connectivity index (χ3v) is 5.13.